The van der Waals surface area contributed by atoms with Crippen molar-refractivity contribution in [3.05, 3.63) is 87.7 Å². The number of aryl methyl sites for hydroxylation is 1. The Morgan fingerprint density at radius 2 is 1.97 bits per heavy atom. The van der Waals surface area contributed by atoms with Crippen LogP contribution in [0.15, 0.2) is 54.6 Å². The van der Waals surface area contributed by atoms with E-state index in [0.717, 1.165) is 40.0 Å². The van der Waals surface area contributed by atoms with E-state index in [1.54, 1.807) is 12.1 Å². The number of nitrogens with zero attached hydrogens (tertiary/aromatic N) is 4. The van der Waals surface area contributed by atoms with E-state index in [-0.39, 0.29) is 18.1 Å². The Morgan fingerprint density at radius 1 is 1.17 bits per heavy atom. The maximum atomic E-state index is 11.4. The number of aromatic nitrogens is 6. The summed E-state index contributed by atoms with van der Waals surface area (Å²) in [6, 6.07) is 16.8. The van der Waals surface area contributed by atoms with Crippen molar-refractivity contribution in [2.45, 2.75) is 32.8 Å². The highest BCUT2D eigenvalue weighted by Gasteiger charge is 2.19. The number of ether oxygens (including phenoxy) is 1. The molecule has 0 saturated heterocycles. The second-order valence-electron chi connectivity index (χ2n) is 8.45. The van der Waals surface area contributed by atoms with Crippen LogP contribution in [-0.4, -0.2) is 41.7 Å². The Kier molecular flexibility index (Phi) is 6.39. The molecular weight excluding hydrogens is 480 g/mol. The molecule has 0 aliphatic carbocycles. The first-order valence-corrected chi connectivity index (χ1v) is 11.8. The summed E-state index contributed by atoms with van der Waals surface area (Å²) in [4.78, 5) is 19.5. The zero-order valence-corrected chi connectivity index (χ0v) is 20.4. The molecule has 0 amide bonds. The minimum absolute atomic E-state index is 0.0280. The van der Waals surface area contributed by atoms with E-state index in [0.29, 0.717) is 22.2 Å². The van der Waals surface area contributed by atoms with E-state index in [9.17, 15) is 9.90 Å². The van der Waals surface area contributed by atoms with Crippen LogP contribution in [0.3, 0.4) is 0 Å². The van der Waals surface area contributed by atoms with Crippen molar-refractivity contribution in [1.29, 1.82) is 0 Å². The lowest BCUT2D eigenvalue weighted by Crippen LogP contribution is -2.02. The number of hydrogen-bond acceptors (Lipinski definition) is 6. The summed E-state index contributed by atoms with van der Waals surface area (Å²) in [5, 5.41) is 23.9. The van der Waals surface area contributed by atoms with Gasteiger partial charge in [-0.1, -0.05) is 42.8 Å². The molecule has 5 aromatic rings. The minimum Gasteiger partial charge on any atom is -0.489 e. The number of imidazole rings is 1. The molecule has 0 aliphatic rings. The lowest BCUT2D eigenvalue weighted by Gasteiger charge is -2.14. The first-order valence-electron chi connectivity index (χ1n) is 11.4. The fourth-order valence-electron chi connectivity index (χ4n) is 4.28. The normalized spacial score (nSPS) is 12.1. The highest BCUT2D eigenvalue weighted by Crippen LogP contribution is 2.31. The molecule has 3 aromatic carbocycles. The van der Waals surface area contributed by atoms with Crippen LogP contribution in [0, 0.1) is 6.92 Å². The van der Waals surface area contributed by atoms with Gasteiger partial charge in [0.2, 0.25) is 5.82 Å². The van der Waals surface area contributed by atoms with Crippen molar-refractivity contribution in [2.75, 3.05) is 0 Å². The van der Waals surface area contributed by atoms with Crippen LogP contribution in [-0.2, 0) is 6.61 Å². The number of carboxylic acid groups (broad SMARTS) is 1. The zero-order chi connectivity index (χ0) is 25.2. The van der Waals surface area contributed by atoms with Gasteiger partial charge in [0.15, 0.2) is 0 Å². The molecular formula is C26H23ClN6O3. The van der Waals surface area contributed by atoms with Gasteiger partial charge < -0.3 is 14.8 Å². The van der Waals surface area contributed by atoms with E-state index in [1.165, 1.54) is 0 Å². The van der Waals surface area contributed by atoms with E-state index in [4.69, 9.17) is 21.3 Å². The lowest BCUT2D eigenvalue weighted by molar-refractivity contribution is 0.0697. The summed E-state index contributed by atoms with van der Waals surface area (Å²) < 4.78 is 5.99. The third kappa shape index (κ3) is 4.52. The molecule has 3 N–H and O–H groups in total. The third-order valence-corrected chi connectivity index (χ3v) is 6.57. The molecule has 10 heteroatoms. The van der Waals surface area contributed by atoms with Gasteiger partial charge in [0.05, 0.1) is 21.6 Å². The number of fused-ring (bicyclic) bond motifs is 1. The molecule has 2 heterocycles. The van der Waals surface area contributed by atoms with E-state index in [2.05, 4.69) is 32.5 Å². The minimum atomic E-state index is -0.957. The van der Waals surface area contributed by atoms with Crippen LogP contribution < -0.4 is 4.74 Å². The van der Waals surface area contributed by atoms with Crippen LogP contribution in [0.1, 0.15) is 52.1 Å². The average Bonchev–Trinajstić information content (AvgIpc) is 3.55. The van der Waals surface area contributed by atoms with Gasteiger partial charge >= 0.3 is 5.97 Å². The van der Waals surface area contributed by atoms with Gasteiger partial charge in [-0.2, -0.15) is 5.21 Å². The van der Waals surface area contributed by atoms with Crippen LogP contribution in [0.25, 0.3) is 22.4 Å². The maximum Gasteiger partial charge on any atom is 0.335 e. The molecule has 36 heavy (non-hydrogen) atoms. The molecule has 1 unspecified atom stereocenters. The number of hydrogen-bond donors (Lipinski definition) is 3. The van der Waals surface area contributed by atoms with Crippen molar-refractivity contribution in [2.24, 2.45) is 0 Å². The number of aromatic amines is 2. The van der Waals surface area contributed by atoms with E-state index in [1.807, 2.05) is 49.4 Å². The number of tetrazole rings is 1. The number of rotatable bonds is 8. The summed E-state index contributed by atoms with van der Waals surface area (Å²) >= 11 is 6.55. The van der Waals surface area contributed by atoms with Crippen LogP contribution in [0.2, 0.25) is 5.02 Å². The zero-order valence-electron chi connectivity index (χ0n) is 19.6. The predicted molar refractivity (Wildman–Crippen MR) is 135 cm³/mol. The molecule has 0 fully saturated rings. The lowest BCUT2D eigenvalue weighted by atomic mass is 9.96. The number of aromatic carboxylic acids is 1. The van der Waals surface area contributed by atoms with Crippen molar-refractivity contribution in [3.8, 4) is 17.1 Å². The summed E-state index contributed by atoms with van der Waals surface area (Å²) in [6.45, 7) is 4.25. The molecule has 1 atom stereocenters. The fraction of sp³-hybridized carbons (Fsp3) is 0.192. The standard InChI is InChI=1S/C26H23ClN6O3/c1-3-19(24-28-21-12-17(26(34)35)11-14(2)23(21)29-24)15-7-9-18(10-8-15)36-13-16-5-4-6-20(22(16)27)25-30-32-33-31-25/h4-12,19H,3,13H2,1-2H3,(H,28,29)(H,34,35)(H,30,31,32,33). The molecule has 182 valence electrons. The SMILES string of the molecule is CCC(c1ccc(OCc2cccc(-c3nn[nH]n3)c2Cl)cc1)c1nc2c(C)cc(C(=O)O)cc2[nH]1. The largest absolute Gasteiger partial charge is 0.489 e. The van der Waals surface area contributed by atoms with Crippen molar-refractivity contribution >= 4 is 28.6 Å². The predicted octanol–water partition coefficient (Wildman–Crippen LogP) is 5.52. The fourth-order valence-corrected chi connectivity index (χ4v) is 4.55. The Labute approximate surface area is 211 Å². The summed E-state index contributed by atoms with van der Waals surface area (Å²) in [7, 11) is 0. The average molecular weight is 503 g/mol. The van der Waals surface area contributed by atoms with Gasteiger partial charge in [0.1, 0.15) is 18.2 Å². The van der Waals surface area contributed by atoms with Crippen LogP contribution >= 0.6 is 11.6 Å². The number of carbonyl (C=O) groups is 1. The maximum absolute atomic E-state index is 11.4. The van der Waals surface area contributed by atoms with Gasteiger partial charge in [-0.25, -0.2) is 9.78 Å². The molecule has 0 bridgehead atoms. The van der Waals surface area contributed by atoms with Crippen molar-refractivity contribution in [1.82, 2.24) is 30.6 Å². The molecule has 0 aliphatic heterocycles. The van der Waals surface area contributed by atoms with Gasteiger partial charge in [-0.15, -0.1) is 10.2 Å². The number of H-pyrrole nitrogens is 2. The first kappa shape index (κ1) is 23.5. The molecule has 9 nitrogen and oxygen atoms in total. The molecule has 0 radical (unpaired) electrons. The molecule has 0 spiro atoms. The smallest absolute Gasteiger partial charge is 0.335 e. The number of benzene rings is 3. The Bertz CT molecular complexity index is 1530. The molecule has 2 aromatic heterocycles. The second-order valence-corrected chi connectivity index (χ2v) is 8.83. The first-order chi connectivity index (χ1) is 17.4. The van der Waals surface area contributed by atoms with E-state index >= 15 is 0 Å². The molecule has 0 saturated carbocycles. The van der Waals surface area contributed by atoms with Gasteiger partial charge in [-0.05, 0) is 60.0 Å². The number of halogens is 1. The third-order valence-electron chi connectivity index (χ3n) is 6.12. The highest BCUT2D eigenvalue weighted by atomic mass is 35.5. The van der Waals surface area contributed by atoms with Crippen molar-refractivity contribution < 1.29 is 14.6 Å². The van der Waals surface area contributed by atoms with Crippen LogP contribution in [0.4, 0.5) is 0 Å². The monoisotopic (exact) mass is 502 g/mol. The second kappa shape index (κ2) is 9.79. The number of carboxylic acids is 1. The topological polar surface area (TPSA) is 130 Å². The Hall–Kier alpha value is -4.24. The quantitative estimate of drug-likeness (QED) is 0.254. The number of nitrogens with one attached hydrogen (secondary N) is 2. The summed E-state index contributed by atoms with van der Waals surface area (Å²) in [5.74, 6) is 1.01. The van der Waals surface area contributed by atoms with Gasteiger partial charge in [0, 0.05) is 17.0 Å². The Morgan fingerprint density at radius 3 is 2.67 bits per heavy atom. The highest BCUT2D eigenvalue weighted by molar-refractivity contribution is 6.34. The van der Waals surface area contributed by atoms with Crippen LogP contribution in [0.5, 0.6) is 5.75 Å². The Balaban J connectivity index is 1.34. The van der Waals surface area contributed by atoms with Gasteiger partial charge in [-0.3, -0.25) is 0 Å². The summed E-state index contributed by atoms with van der Waals surface area (Å²) in [5.41, 5.74) is 5.16. The van der Waals surface area contributed by atoms with Crippen molar-refractivity contribution in [3.63, 3.8) is 0 Å². The summed E-state index contributed by atoms with van der Waals surface area (Å²) in [6.07, 6.45) is 0.823. The van der Waals surface area contributed by atoms with E-state index < -0.39 is 5.97 Å². The van der Waals surface area contributed by atoms with Gasteiger partial charge in [0.25, 0.3) is 0 Å². The molecule has 5 rings (SSSR count).